The first-order valence-corrected chi connectivity index (χ1v) is 5.46. The van der Waals surface area contributed by atoms with Crippen LogP contribution in [-0.4, -0.2) is 18.0 Å². The molecule has 0 aliphatic rings. The quantitative estimate of drug-likeness (QED) is 0.628. The molecule has 68 valence electrons. The van der Waals surface area contributed by atoms with Gasteiger partial charge in [-0.2, -0.15) is 0 Å². The number of hydrogen-bond donors (Lipinski definition) is 0. The van der Waals surface area contributed by atoms with Crippen molar-refractivity contribution >= 4 is 15.9 Å². The maximum Gasteiger partial charge on any atom is 0.0555 e. The molecular formula is C9H19BrO. The molecule has 0 aromatic carbocycles. The second kappa shape index (κ2) is 7.11. The lowest BCUT2D eigenvalue weighted by Crippen LogP contribution is -2.10. The molecule has 0 spiro atoms. The van der Waals surface area contributed by atoms with Crippen molar-refractivity contribution in [2.75, 3.05) is 11.9 Å². The van der Waals surface area contributed by atoms with Gasteiger partial charge in [0.15, 0.2) is 0 Å². The smallest absolute Gasteiger partial charge is 0.0555 e. The number of halogens is 1. The molecule has 1 unspecified atom stereocenters. The summed E-state index contributed by atoms with van der Waals surface area (Å²) in [6, 6.07) is 0. The van der Waals surface area contributed by atoms with Gasteiger partial charge >= 0.3 is 0 Å². The molecule has 0 aliphatic heterocycles. The minimum absolute atomic E-state index is 0.410. The summed E-state index contributed by atoms with van der Waals surface area (Å²) in [5.74, 6) is 0.756. The van der Waals surface area contributed by atoms with Gasteiger partial charge < -0.3 is 4.74 Å². The van der Waals surface area contributed by atoms with Crippen LogP contribution in [0.15, 0.2) is 0 Å². The van der Waals surface area contributed by atoms with E-state index < -0.39 is 0 Å². The molecule has 0 N–H and O–H groups in total. The van der Waals surface area contributed by atoms with Crippen LogP contribution in [0.5, 0.6) is 0 Å². The average Bonchev–Trinajstić information content (AvgIpc) is 1.87. The minimum Gasteiger partial charge on any atom is -0.378 e. The van der Waals surface area contributed by atoms with E-state index in [0.717, 1.165) is 24.3 Å². The Morgan fingerprint density at radius 3 is 2.27 bits per heavy atom. The Labute approximate surface area is 78.6 Å². The van der Waals surface area contributed by atoms with E-state index in [4.69, 9.17) is 4.74 Å². The minimum atomic E-state index is 0.410. The third-order valence-corrected chi connectivity index (χ3v) is 2.07. The molecule has 1 atom stereocenters. The van der Waals surface area contributed by atoms with Gasteiger partial charge in [-0.3, -0.25) is 0 Å². The van der Waals surface area contributed by atoms with Crippen LogP contribution in [0.25, 0.3) is 0 Å². The van der Waals surface area contributed by atoms with Gasteiger partial charge in [0.2, 0.25) is 0 Å². The second-order valence-corrected chi connectivity index (χ2v) is 4.13. The van der Waals surface area contributed by atoms with Crippen molar-refractivity contribution in [3.63, 3.8) is 0 Å². The van der Waals surface area contributed by atoms with Crippen LogP contribution in [0.4, 0.5) is 0 Å². The first-order valence-electron chi connectivity index (χ1n) is 4.34. The molecule has 0 aliphatic carbocycles. The van der Waals surface area contributed by atoms with Gasteiger partial charge in [0.05, 0.1) is 6.10 Å². The lowest BCUT2D eigenvalue weighted by molar-refractivity contribution is 0.0574. The maximum atomic E-state index is 5.56. The fourth-order valence-electron chi connectivity index (χ4n) is 0.742. The van der Waals surface area contributed by atoms with Gasteiger partial charge in [-0.05, 0) is 25.7 Å². The van der Waals surface area contributed by atoms with E-state index in [9.17, 15) is 0 Å². The van der Waals surface area contributed by atoms with Gasteiger partial charge in [0.1, 0.15) is 0 Å². The van der Waals surface area contributed by atoms with E-state index in [1.54, 1.807) is 0 Å². The zero-order chi connectivity index (χ0) is 8.69. The van der Waals surface area contributed by atoms with Gasteiger partial charge in [-0.15, -0.1) is 0 Å². The molecule has 0 aromatic heterocycles. The SMILES string of the molecule is CC(C)CCOC(C)CCBr. The predicted molar refractivity (Wildman–Crippen MR) is 53.3 cm³/mol. The largest absolute Gasteiger partial charge is 0.378 e. The van der Waals surface area contributed by atoms with Crippen LogP contribution in [0.1, 0.15) is 33.6 Å². The molecule has 2 heteroatoms. The van der Waals surface area contributed by atoms with Crippen LogP contribution >= 0.6 is 15.9 Å². The molecule has 0 heterocycles. The van der Waals surface area contributed by atoms with Crippen LogP contribution < -0.4 is 0 Å². The second-order valence-electron chi connectivity index (χ2n) is 3.34. The summed E-state index contributed by atoms with van der Waals surface area (Å²) in [5, 5.41) is 1.04. The van der Waals surface area contributed by atoms with Gasteiger partial charge in [-0.25, -0.2) is 0 Å². The lowest BCUT2D eigenvalue weighted by Gasteiger charge is -2.12. The predicted octanol–water partition coefficient (Wildman–Crippen LogP) is 3.22. The van der Waals surface area contributed by atoms with Crippen LogP contribution in [0.3, 0.4) is 0 Å². The Hall–Kier alpha value is 0.440. The van der Waals surface area contributed by atoms with Crippen molar-refractivity contribution in [2.45, 2.75) is 39.7 Å². The van der Waals surface area contributed by atoms with Crippen molar-refractivity contribution in [3.8, 4) is 0 Å². The Kier molecular flexibility index (Phi) is 7.39. The molecule has 0 amide bonds. The van der Waals surface area contributed by atoms with Crippen LogP contribution in [0.2, 0.25) is 0 Å². The van der Waals surface area contributed by atoms with Crippen LogP contribution in [0, 0.1) is 5.92 Å². The summed E-state index contributed by atoms with van der Waals surface area (Å²) in [5.41, 5.74) is 0. The van der Waals surface area contributed by atoms with Crippen molar-refractivity contribution in [2.24, 2.45) is 5.92 Å². The summed E-state index contributed by atoms with van der Waals surface area (Å²) < 4.78 is 5.56. The van der Waals surface area contributed by atoms with E-state index >= 15 is 0 Å². The molecule has 0 aromatic rings. The van der Waals surface area contributed by atoms with Crippen molar-refractivity contribution < 1.29 is 4.74 Å². The third-order valence-electron chi connectivity index (χ3n) is 1.61. The highest BCUT2D eigenvalue weighted by Crippen LogP contribution is 2.04. The van der Waals surface area contributed by atoms with Gasteiger partial charge in [0.25, 0.3) is 0 Å². The maximum absolute atomic E-state index is 5.56. The molecule has 0 radical (unpaired) electrons. The first kappa shape index (κ1) is 11.4. The highest BCUT2D eigenvalue weighted by atomic mass is 79.9. The van der Waals surface area contributed by atoms with E-state index in [-0.39, 0.29) is 0 Å². The Morgan fingerprint density at radius 1 is 1.18 bits per heavy atom. The third kappa shape index (κ3) is 8.35. The first-order chi connectivity index (χ1) is 5.16. The Bertz CT molecular complexity index is 83.6. The molecular weight excluding hydrogens is 204 g/mol. The molecule has 0 fully saturated rings. The van der Waals surface area contributed by atoms with Crippen molar-refractivity contribution in [1.29, 1.82) is 0 Å². The topological polar surface area (TPSA) is 9.23 Å². The van der Waals surface area contributed by atoms with Gasteiger partial charge in [-0.1, -0.05) is 29.8 Å². The molecule has 1 nitrogen and oxygen atoms in total. The Morgan fingerprint density at radius 2 is 1.82 bits per heavy atom. The monoisotopic (exact) mass is 222 g/mol. The number of rotatable bonds is 6. The fraction of sp³-hybridized carbons (Fsp3) is 1.00. The van der Waals surface area contributed by atoms with E-state index in [0.29, 0.717) is 6.10 Å². The van der Waals surface area contributed by atoms with E-state index in [1.807, 2.05) is 0 Å². The van der Waals surface area contributed by atoms with Crippen LogP contribution in [-0.2, 0) is 4.74 Å². The molecule has 0 saturated carbocycles. The number of alkyl halides is 1. The molecule has 0 bridgehead atoms. The normalized spacial score (nSPS) is 13.9. The molecule has 0 rings (SSSR count). The average molecular weight is 223 g/mol. The fourth-order valence-corrected chi connectivity index (χ4v) is 1.39. The highest BCUT2D eigenvalue weighted by molar-refractivity contribution is 9.09. The zero-order valence-corrected chi connectivity index (χ0v) is 9.36. The highest BCUT2D eigenvalue weighted by Gasteiger charge is 2.00. The van der Waals surface area contributed by atoms with Crippen molar-refractivity contribution in [3.05, 3.63) is 0 Å². The molecule has 0 saturated heterocycles. The summed E-state index contributed by atoms with van der Waals surface area (Å²) in [4.78, 5) is 0. The lowest BCUT2D eigenvalue weighted by atomic mass is 10.1. The molecule has 11 heavy (non-hydrogen) atoms. The zero-order valence-electron chi connectivity index (χ0n) is 7.77. The van der Waals surface area contributed by atoms with Gasteiger partial charge in [0, 0.05) is 11.9 Å². The summed E-state index contributed by atoms with van der Waals surface area (Å²) in [6.45, 7) is 7.48. The Balaban J connectivity index is 3.10. The summed E-state index contributed by atoms with van der Waals surface area (Å²) >= 11 is 3.39. The van der Waals surface area contributed by atoms with E-state index in [2.05, 4.69) is 36.7 Å². The number of ether oxygens (including phenoxy) is 1. The van der Waals surface area contributed by atoms with E-state index in [1.165, 1.54) is 6.42 Å². The van der Waals surface area contributed by atoms with Crippen molar-refractivity contribution in [1.82, 2.24) is 0 Å². The summed E-state index contributed by atoms with van der Waals surface area (Å²) in [7, 11) is 0. The number of hydrogen-bond acceptors (Lipinski definition) is 1. The summed E-state index contributed by atoms with van der Waals surface area (Å²) in [6.07, 6.45) is 2.69. The standard InChI is InChI=1S/C9H19BrO/c1-8(2)5-7-11-9(3)4-6-10/h8-9H,4-7H2,1-3H3.